The lowest BCUT2D eigenvalue weighted by Gasteiger charge is -2.47. The monoisotopic (exact) mass is 676 g/mol. The molecular formula is C39H56O4SSi2. The van der Waals surface area contributed by atoms with Gasteiger partial charge in [-0.05, 0) is 52.6 Å². The Bertz CT molecular complexity index is 1340. The molecule has 0 amide bonds. The van der Waals surface area contributed by atoms with Crippen LogP contribution in [-0.2, 0) is 18.3 Å². The molecule has 0 bridgehead atoms. The molecule has 46 heavy (non-hydrogen) atoms. The molecule has 3 aromatic rings. The summed E-state index contributed by atoms with van der Waals surface area (Å²) < 4.78 is 27.6. The predicted octanol–water partition coefficient (Wildman–Crippen LogP) is 9.21. The van der Waals surface area contributed by atoms with E-state index in [1.165, 1.54) is 20.8 Å². The second-order valence-corrected chi connectivity index (χ2v) is 25.5. The van der Waals surface area contributed by atoms with Crippen LogP contribution in [0, 0.1) is 0 Å². The van der Waals surface area contributed by atoms with Gasteiger partial charge < -0.3 is 18.3 Å². The maximum atomic E-state index is 7.80. The lowest BCUT2D eigenvalue weighted by Crippen LogP contribution is -2.68. The first-order valence-corrected chi connectivity index (χ1v) is 22.4. The van der Waals surface area contributed by atoms with Crippen molar-refractivity contribution in [2.45, 2.75) is 113 Å². The highest BCUT2D eigenvalue weighted by Gasteiger charge is 2.52. The molecule has 7 heteroatoms. The van der Waals surface area contributed by atoms with E-state index < -0.39 is 16.6 Å². The molecular weight excluding hydrogens is 621 g/mol. The van der Waals surface area contributed by atoms with Gasteiger partial charge in [0.15, 0.2) is 8.32 Å². The summed E-state index contributed by atoms with van der Waals surface area (Å²) in [7, 11) is -3.00. The Kier molecular flexibility index (Phi) is 12.4. The Balaban J connectivity index is 1.80. The first kappa shape index (κ1) is 36.9. The zero-order chi connectivity index (χ0) is 33.6. The van der Waals surface area contributed by atoms with Gasteiger partial charge >= 0.3 is 0 Å². The van der Waals surface area contributed by atoms with Gasteiger partial charge in [0, 0.05) is 24.8 Å². The van der Waals surface area contributed by atoms with Gasteiger partial charge in [0.1, 0.15) is 5.44 Å². The van der Waals surface area contributed by atoms with E-state index in [0.717, 1.165) is 12.8 Å². The van der Waals surface area contributed by atoms with Crippen molar-refractivity contribution in [2.24, 2.45) is 0 Å². The van der Waals surface area contributed by atoms with Crippen LogP contribution in [0.3, 0.4) is 0 Å². The number of hydrogen-bond acceptors (Lipinski definition) is 5. The zero-order valence-corrected chi connectivity index (χ0v) is 32.5. The molecule has 1 aliphatic rings. The summed E-state index contributed by atoms with van der Waals surface area (Å²) in [5.74, 6) is 0. The molecule has 1 heterocycles. The maximum absolute atomic E-state index is 7.80. The Morgan fingerprint density at radius 2 is 1.35 bits per heavy atom. The fourth-order valence-electron chi connectivity index (χ4n) is 5.96. The second-order valence-electron chi connectivity index (χ2n) is 15.2. The molecule has 1 aliphatic heterocycles. The number of rotatable bonds is 12. The Labute approximate surface area is 285 Å². The van der Waals surface area contributed by atoms with Crippen molar-refractivity contribution in [3.05, 3.63) is 103 Å². The molecule has 1 fully saturated rings. The molecule has 0 saturated carbocycles. The number of hydrogen-bond donors (Lipinski definition) is 0. The van der Waals surface area contributed by atoms with Gasteiger partial charge in [-0.3, -0.25) is 0 Å². The summed E-state index contributed by atoms with van der Waals surface area (Å²) in [6.07, 6.45) is 3.48. The first-order valence-electron chi connectivity index (χ1n) is 16.7. The molecule has 3 aromatic carbocycles. The van der Waals surface area contributed by atoms with Crippen LogP contribution in [0.5, 0.6) is 0 Å². The maximum Gasteiger partial charge on any atom is 0.262 e. The summed E-state index contributed by atoms with van der Waals surface area (Å²) in [6.45, 7) is 21.3. The highest BCUT2D eigenvalue weighted by Crippen LogP contribution is 2.41. The minimum absolute atomic E-state index is 0.0476. The van der Waals surface area contributed by atoms with Gasteiger partial charge in [-0.25, -0.2) is 0 Å². The van der Waals surface area contributed by atoms with E-state index in [1.807, 2.05) is 7.11 Å². The van der Waals surface area contributed by atoms with Gasteiger partial charge in [-0.15, -0.1) is 0 Å². The average Bonchev–Trinajstić information content (AvgIpc) is 3.02. The third kappa shape index (κ3) is 8.92. The fraction of sp³-hybridized carbons (Fsp3) is 0.487. The Hall–Kier alpha value is -1.98. The largest absolute Gasteiger partial charge is 0.413 e. The normalized spacial score (nSPS) is 20.8. The van der Waals surface area contributed by atoms with Crippen molar-refractivity contribution in [1.29, 1.82) is 0 Å². The summed E-state index contributed by atoms with van der Waals surface area (Å²) in [6, 6.07) is 32.3. The van der Waals surface area contributed by atoms with Crippen LogP contribution < -0.4 is 10.4 Å². The molecule has 0 radical (unpaired) electrons. The molecule has 0 aliphatic carbocycles. The van der Waals surface area contributed by atoms with Crippen LogP contribution in [0.15, 0.2) is 108 Å². The van der Waals surface area contributed by atoms with Crippen molar-refractivity contribution in [3.8, 4) is 0 Å². The lowest BCUT2D eigenvalue weighted by molar-refractivity contribution is -0.102. The van der Waals surface area contributed by atoms with Gasteiger partial charge in [0.25, 0.3) is 8.32 Å². The van der Waals surface area contributed by atoms with Crippen molar-refractivity contribution < 1.29 is 18.3 Å². The topological polar surface area (TPSA) is 36.9 Å². The van der Waals surface area contributed by atoms with Gasteiger partial charge in [-0.1, -0.05) is 144 Å². The first-order chi connectivity index (χ1) is 21.7. The minimum atomic E-state index is -2.89. The van der Waals surface area contributed by atoms with Crippen LogP contribution in [0.25, 0.3) is 0 Å². The van der Waals surface area contributed by atoms with Crippen molar-refractivity contribution in [2.75, 3.05) is 13.7 Å². The Morgan fingerprint density at radius 3 is 1.83 bits per heavy atom. The van der Waals surface area contributed by atoms with Gasteiger partial charge in [0.05, 0.1) is 24.9 Å². The highest BCUT2D eigenvalue weighted by molar-refractivity contribution is 7.99. The van der Waals surface area contributed by atoms with E-state index in [4.69, 9.17) is 18.3 Å². The van der Waals surface area contributed by atoms with E-state index in [-0.39, 0.29) is 33.8 Å². The van der Waals surface area contributed by atoms with Gasteiger partial charge in [0.2, 0.25) is 0 Å². The molecule has 4 nitrogen and oxygen atoms in total. The fourth-order valence-corrected chi connectivity index (χ4v) is 12.8. The van der Waals surface area contributed by atoms with E-state index in [1.54, 1.807) is 11.8 Å². The molecule has 0 N–H and O–H groups in total. The SMILES string of the molecule is CO[C@H]1C[C@H](Sc2ccccc2)O[C@@H]([C@@H](/C=C(\C)CO[Si](C)(C)C(C)(C)C)O[Si](c2ccccc2)(c2ccccc2)C(C)(C)C)C1. The van der Waals surface area contributed by atoms with Crippen LogP contribution in [0.1, 0.15) is 61.3 Å². The third-order valence-corrected chi connectivity index (χ3v) is 20.3. The van der Waals surface area contributed by atoms with Crippen LogP contribution in [-0.4, -0.2) is 54.1 Å². The summed E-state index contributed by atoms with van der Waals surface area (Å²) in [5, 5.41) is 2.49. The molecule has 0 spiro atoms. The summed E-state index contributed by atoms with van der Waals surface area (Å²) in [4.78, 5) is 1.20. The van der Waals surface area contributed by atoms with Crippen molar-refractivity contribution in [1.82, 2.24) is 0 Å². The quantitative estimate of drug-likeness (QED) is 0.141. The summed E-state index contributed by atoms with van der Waals surface area (Å²) >= 11 is 1.77. The second kappa shape index (κ2) is 15.5. The molecule has 4 atom stereocenters. The number of methoxy groups -OCH3 is 1. The summed E-state index contributed by atoms with van der Waals surface area (Å²) in [5.41, 5.74) is 1.12. The minimum Gasteiger partial charge on any atom is -0.413 e. The molecule has 4 rings (SSSR count). The zero-order valence-electron chi connectivity index (χ0n) is 29.7. The van der Waals surface area contributed by atoms with Crippen LogP contribution >= 0.6 is 11.8 Å². The van der Waals surface area contributed by atoms with Gasteiger partial charge in [-0.2, -0.15) is 0 Å². The van der Waals surface area contributed by atoms with E-state index in [2.05, 4.69) is 159 Å². The van der Waals surface area contributed by atoms with E-state index in [9.17, 15) is 0 Å². The standard InChI is InChI=1S/C39H56O4SSi2/c1-30(29-41-45(9,10)38(2,3)4)26-36(35-27-31(40-8)28-37(42-35)44-32-20-14-11-15-21-32)43-46(39(5,6)7,33-22-16-12-17-23-33)34-24-18-13-19-25-34/h11-26,31,35-37H,27-29H2,1-10H3/b30-26+/t31-,35-,36-,37+/m1/s1. The van der Waals surface area contributed by atoms with Crippen LogP contribution in [0.2, 0.25) is 23.2 Å². The average molecular weight is 677 g/mol. The molecule has 1 saturated heterocycles. The number of benzene rings is 3. The molecule has 250 valence electrons. The third-order valence-electron chi connectivity index (χ3n) is 9.63. The van der Waals surface area contributed by atoms with Crippen molar-refractivity contribution >= 4 is 38.8 Å². The smallest absolute Gasteiger partial charge is 0.262 e. The number of ether oxygens (including phenoxy) is 2. The predicted molar refractivity (Wildman–Crippen MR) is 200 cm³/mol. The van der Waals surface area contributed by atoms with E-state index >= 15 is 0 Å². The van der Waals surface area contributed by atoms with E-state index in [0.29, 0.717) is 6.61 Å². The lowest BCUT2D eigenvalue weighted by atomic mass is 10.00. The Morgan fingerprint density at radius 1 is 0.826 bits per heavy atom. The number of thioether (sulfide) groups is 1. The molecule has 0 aromatic heterocycles. The molecule has 0 unspecified atom stereocenters. The van der Waals surface area contributed by atoms with Crippen molar-refractivity contribution in [3.63, 3.8) is 0 Å². The van der Waals surface area contributed by atoms with Crippen LogP contribution in [0.4, 0.5) is 0 Å². The highest BCUT2D eigenvalue weighted by atomic mass is 32.2.